The topological polar surface area (TPSA) is 93.8 Å². The Morgan fingerprint density at radius 3 is 2.65 bits per heavy atom. The van der Waals surface area contributed by atoms with Crippen molar-refractivity contribution in [3.05, 3.63) is 36.2 Å². The van der Waals surface area contributed by atoms with Crippen LogP contribution in [0.1, 0.15) is 19.2 Å². The molecule has 7 nitrogen and oxygen atoms in total. The van der Waals surface area contributed by atoms with Crippen molar-refractivity contribution < 1.29 is 9.21 Å². The third-order valence-electron chi connectivity index (χ3n) is 3.09. The van der Waals surface area contributed by atoms with E-state index in [1.165, 1.54) is 34.9 Å². The zero-order valence-corrected chi connectivity index (χ0v) is 16.5. The number of nitrogens with zero attached hydrogens (tertiary/aromatic N) is 4. The average molecular weight is 408 g/mol. The lowest BCUT2D eigenvalue weighted by molar-refractivity contribution is -0.118. The molecule has 10 heteroatoms. The van der Waals surface area contributed by atoms with Crippen LogP contribution in [-0.4, -0.2) is 38.6 Å². The van der Waals surface area contributed by atoms with E-state index in [2.05, 4.69) is 25.7 Å². The molecule has 3 rings (SSSR count). The van der Waals surface area contributed by atoms with Crippen LogP contribution in [0.15, 0.2) is 43.4 Å². The molecule has 2 aromatic heterocycles. The summed E-state index contributed by atoms with van der Waals surface area (Å²) in [5, 5.41) is 19.2. The minimum atomic E-state index is 0.0144. The maximum atomic E-state index is 11.6. The molecule has 3 aromatic rings. The van der Waals surface area contributed by atoms with Gasteiger partial charge in [0.15, 0.2) is 8.68 Å². The van der Waals surface area contributed by atoms with E-state index in [1.807, 2.05) is 37.3 Å². The number of hydrogen-bond donors (Lipinski definition) is 1. The Labute approximate surface area is 163 Å². The normalized spacial score (nSPS) is 10.8. The Morgan fingerprint density at radius 2 is 1.88 bits per heavy atom. The van der Waals surface area contributed by atoms with Gasteiger partial charge in [-0.25, -0.2) is 0 Å². The molecule has 0 saturated heterocycles. The highest BCUT2D eigenvalue weighted by atomic mass is 32.2. The van der Waals surface area contributed by atoms with Gasteiger partial charge in [-0.2, -0.15) is 0 Å². The van der Waals surface area contributed by atoms with Gasteiger partial charge in [0.05, 0.1) is 11.5 Å². The summed E-state index contributed by atoms with van der Waals surface area (Å²) >= 11 is 4.33. The summed E-state index contributed by atoms with van der Waals surface area (Å²) in [6.07, 6.45) is 0.928. The Bertz CT molecular complexity index is 837. The SMILES string of the molecule is CCCNC(=O)CSc1nnc(SCc2nnc(-c3ccccc3)o2)s1. The monoisotopic (exact) mass is 407 g/mol. The van der Waals surface area contributed by atoms with Crippen LogP contribution in [0.5, 0.6) is 0 Å². The van der Waals surface area contributed by atoms with E-state index in [9.17, 15) is 4.79 Å². The van der Waals surface area contributed by atoms with E-state index in [4.69, 9.17) is 4.42 Å². The van der Waals surface area contributed by atoms with Crippen molar-refractivity contribution >= 4 is 40.8 Å². The van der Waals surface area contributed by atoms with Gasteiger partial charge in [-0.05, 0) is 18.6 Å². The van der Waals surface area contributed by atoms with Crippen molar-refractivity contribution in [3.8, 4) is 11.5 Å². The van der Waals surface area contributed by atoms with Crippen LogP contribution in [-0.2, 0) is 10.5 Å². The first-order chi connectivity index (χ1) is 12.7. The van der Waals surface area contributed by atoms with Crippen molar-refractivity contribution in [2.75, 3.05) is 12.3 Å². The number of nitrogens with one attached hydrogen (secondary N) is 1. The fourth-order valence-corrected chi connectivity index (χ4v) is 4.58. The van der Waals surface area contributed by atoms with Gasteiger partial charge in [0, 0.05) is 12.1 Å². The summed E-state index contributed by atoms with van der Waals surface area (Å²) in [6, 6.07) is 9.65. The third-order valence-corrected chi connectivity index (χ3v) is 6.27. The molecule has 0 saturated carbocycles. The van der Waals surface area contributed by atoms with E-state index < -0.39 is 0 Å². The highest BCUT2D eigenvalue weighted by Crippen LogP contribution is 2.30. The van der Waals surface area contributed by atoms with Crippen LogP contribution in [0.2, 0.25) is 0 Å². The maximum absolute atomic E-state index is 11.6. The van der Waals surface area contributed by atoms with Crippen molar-refractivity contribution in [1.29, 1.82) is 0 Å². The fourth-order valence-electron chi connectivity index (χ4n) is 1.89. The maximum Gasteiger partial charge on any atom is 0.247 e. The molecule has 1 aromatic carbocycles. The lowest BCUT2D eigenvalue weighted by atomic mass is 10.2. The second-order valence-electron chi connectivity index (χ2n) is 5.13. The summed E-state index contributed by atoms with van der Waals surface area (Å²) in [7, 11) is 0. The summed E-state index contributed by atoms with van der Waals surface area (Å²) in [6.45, 7) is 2.72. The van der Waals surface area contributed by atoms with Crippen LogP contribution in [0.4, 0.5) is 0 Å². The van der Waals surface area contributed by atoms with Gasteiger partial charge in [-0.15, -0.1) is 20.4 Å². The molecular weight excluding hydrogens is 390 g/mol. The highest BCUT2D eigenvalue weighted by Gasteiger charge is 2.12. The molecule has 2 heterocycles. The smallest absolute Gasteiger partial charge is 0.247 e. The number of hydrogen-bond acceptors (Lipinski definition) is 9. The minimum absolute atomic E-state index is 0.0144. The standard InChI is InChI=1S/C16H17N5O2S3/c1-2-8-17-12(22)9-24-15-20-21-16(26-15)25-10-13-18-19-14(23-13)11-6-4-3-5-7-11/h3-7H,2,8-10H2,1H3,(H,17,22). The quantitative estimate of drug-likeness (QED) is 0.539. The predicted octanol–water partition coefficient (Wildman–Crippen LogP) is 3.50. The third kappa shape index (κ3) is 5.55. The van der Waals surface area contributed by atoms with E-state index in [0.29, 0.717) is 29.8 Å². The van der Waals surface area contributed by atoms with E-state index in [0.717, 1.165) is 20.7 Å². The molecule has 0 spiro atoms. The van der Waals surface area contributed by atoms with Gasteiger partial charge in [-0.1, -0.05) is 60.0 Å². The zero-order valence-electron chi connectivity index (χ0n) is 14.0. The molecule has 0 atom stereocenters. The second kappa shape index (κ2) is 9.70. The molecule has 0 bridgehead atoms. The summed E-state index contributed by atoms with van der Waals surface area (Å²) in [4.78, 5) is 11.6. The Balaban J connectivity index is 1.48. The first-order valence-electron chi connectivity index (χ1n) is 7.98. The molecule has 0 fully saturated rings. The molecule has 26 heavy (non-hydrogen) atoms. The lowest BCUT2D eigenvalue weighted by Gasteiger charge is -2.00. The first-order valence-corrected chi connectivity index (χ1v) is 10.8. The number of carbonyl (C=O) groups excluding carboxylic acids is 1. The van der Waals surface area contributed by atoms with E-state index >= 15 is 0 Å². The summed E-state index contributed by atoms with van der Waals surface area (Å²) in [5.41, 5.74) is 0.896. The van der Waals surface area contributed by atoms with Crippen molar-refractivity contribution in [3.63, 3.8) is 0 Å². The summed E-state index contributed by atoms with van der Waals surface area (Å²) < 4.78 is 7.25. The average Bonchev–Trinajstić information content (AvgIpc) is 3.33. The minimum Gasteiger partial charge on any atom is -0.420 e. The molecule has 136 valence electrons. The van der Waals surface area contributed by atoms with Crippen molar-refractivity contribution in [1.82, 2.24) is 25.7 Å². The first kappa shape index (κ1) is 18.9. The highest BCUT2D eigenvalue weighted by molar-refractivity contribution is 8.03. The molecule has 0 radical (unpaired) electrons. The van der Waals surface area contributed by atoms with Crippen LogP contribution in [0.25, 0.3) is 11.5 Å². The number of aromatic nitrogens is 4. The molecular formula is C16H17N5O2S3. The Kier molecular flexibility index (Phi) is 7.04. The van der Waals surface area contributed by atoms with Crippen LogP contribution < -0.4 is 5.32 Å². The van der Waals surface area contributed by atoms with Gasteiger partial charge >= 0.3 is 0 Å². The molecule has 1 N–H and O–H groups in total. The van der Waals surface area contributed by atoms with Gasteiger partial charge in [0.1, 0.15) is 0 Å². The predicted molar refractivity (Wildman–Crippen MR) is 103 cm³/mol. The molecule has 0 aliphatic carbocycles. The summed E-state index contributed by atoms with van der Waals surface area (Å²) in [5.74, 6) is 1.94. The number of rotatable bonds is 9. The van der Waals surface area contributed by atoms with Crippen LogP contribution in [0.3, 0.4) is 0 Å². The van der Waals surface area contributed by atoms with Gasteiger partial charge < -0.3 is 9.73 Å². The molecule has 1 amide bonds. The second-order valence-corrected chi connectivity index (χ2v) is 8.55. The van der Waals surface area contributed by atoms with Crippen LogP contribution >= 0.6 is 34.9 Å². The largest absolute Gasteiger partial charge is 0.420 e. The van der Waals surface area contributed by atoms with Crippen molar-refractivity contribution in [2.24, 2.45) is 0 Å². The van der Waals surface area contributed by atoms with E-state index in [1.54, 1.807) is 0 Å². The molecule has 0 unspecified atom stereocenters. The van der Waals surface area contributed by atoms with Crippen LogP contribution in [0, 0.1) is 0 Å². The number of carbonyl (C=O) groups is 1. The van der Waals surface area contributed by atoms with Gasteiger partial charge in [-0.3, -0.25) is 4.79 Å². The number of thioether (sulfide) groups is 2. The van der Waals surface area contributed by atoms with Gasteiger partial charge in [0.25, 0.3) is 0 Å². The lowest BCUT2D eigenvalue weighted by Crippen LogP contribution is -2.25. The fraction of sp³-hybridized carbons (Fsp3) is 0.312. The molecule has 0 aliphatic heterocycles. The van der Waals surface area contributed by atoms with E-state index in [-0.39, 0.29) is 5.91 Å². The van der Waals surface area contributed by atoms with Crippen molar-refractivity contribution in [2.45, 2.75) is 27.8 Å². The van der Waals surface area contributed by atoms with Gasteiger partial charge in [0.2, 0.25) is 17.7 Å². The molecule has 0 aliphatic rings. The number of amides is 1. The number of benzene rings is 1. The Hall–Kier alpha value is -1.91. The Morgan fingerprint density at radius 1 is 1.12 bits per heavy atom. The zero-order chi connectivity index (χ0) is 18.2.